The van der Waals surface area contributed by atoms with Crippen molar-refractivity contribution < 1.29 is 18.7 Å². The van der Waals surface area contributed by atoms with E-state index in [4.69, 9.17) is 32.7 Å². The maximum atomic E-state index is 13.9. The van der Waals surface area contributed by atoms with E-state index < -0.39 is 11.8 Å². The van der Waals surface area contributed by atoms with Gasteiger partial charge in [-0.05, 0) is 54.5 Å². The number of carbonyl (C=O) groups is 1. The smallest absolute Gasteiger partial charge is 0.311 e. The number of nitriles is 1. The number of hydrogen-bond acceptors (Lipinski definition) is 4. The highest BCUT2D eigenvalue weighted by atomic mass is 35.5. The van der Waals surface area contributed by atoms with Gasteiger partial charge in [0.1, 0.15) is 17.3 Å². The summed E-state index contributed by atoms with van der Waals surface area (Å²) in [4.78, 5) is 12.0. The van der Waals surface area contributed by atoms with E-state index in [1.165, 1.54) is 6.07 Å². The van der Waals surface area contributed by atoms with Crippen LogP contribution in [0.4, 0.5) is 4.39 Å². The molecule has 0 atom stereocenters. The SMILES string of the molecule is N#C/C(=C/c1ccc(OC(=O)CCCOc2ccc(Cl)cc2Cl)cc1)c1ccccc1F. The molecule has 32 heavy (non-hydrogen) atoms. The molecule has 3 rings (SSSR count). The monoisotopic (exact) mass is 469 g/mol. The molecule has 162 valence electrons. The molecule has 0 spiro atoms. The summed E-state index contributed by atoms with van der Waals surface area (Å²) in [7, 11) is 0. The molecular weight excluding hydrogens is 452 g/mol. The van der Waals surface area contributed by atoms with Crippen LogP contribution in [0.1, 0.15) is 24.0 Å². The molecule has 0 bridgehead atoms. The molecule has 3 aromatic carbocycles. The summed E-state index contributed by atoms with van der Waals surface area (Å²) >= 11 is 11.9. The Morgan fingerprint density at radius 2 is 1.81 bits per heavy atom. The molecule has 0 aromatic heterocycles. The molecule has 0 amide bonds. The van der Waals surface area contributed by atoms with Crippen molar-refractivity contribution in [3.63, 3.8) is 0 Å². The number of ether oxygens (including phenoxy) is 2. The van der Waals surface area contributed by atoms with E-state index in [0.29, 0.717) is 40.1 Å². The number of allylic oxidation sites excluding steroid dienone is 1. The number of halogens is 3. The van der Waals surface area contributed by atoms with Crippen LogP contribution in [0, 0.1) is 17.1 Å². The average Bonchev–Trinajstić information content (AvgIpc) is 2.78. The predicted molar refractivity (Wildman–Crippen MR) is 123 cm³/mol. The van der Waals surface area contributed by atoms with Gasteiger partial charge in [-0.3, -0.25) is 4.79 Å². The zero-order valence-corrected chi connectivity index (χ0v) is 18.4. The molecule has 0 fully saturated rings. The Labute approximate surface area is 195 Å². The molecule has 0 saturated carbocycles. The second-order valence-electron chi connectivity index (χ2n) is 6.72. The minimum absolute atomic E-state index is 0.165. The minimum atomic E-state index is -0.465. The van der Waals surface area contributed by atoms with Crippen LogP contribution < -0.4 is 9.47 Å². The number of esters is 1. The Kier molecular flexibility index (Phi) is 8.27. The van der Waals surface area contributed by atoms with Crippen LogP contribution in [0.15, 0.2) is 66.7 Å². The van der Waals surface area contributed by atoms with Gasteiger partial charge in [-0.25, -0.2) is 4.39 Å². The van der Waals surface area contributed by atoms with E-state index in [0.717, 1.165) is 0 Å². The molecule has 0 radical (unpaired) electrons. The standard InChI is InChI=1S/C25H18Cl2FNO3/c26-19-9-12-24(22(27)15-19)31-13-3-6-25(30)32-20-10-7-17(8-11-20)14-18(16-29)21-4-1-2-5-23(21)28/h1-2,4-5,7-12,14-15H,3,6,13H2/b18-14-. The van der Waals surface area contributed by atoms with Crippen molar-refractivity contribution in [3.05, 3.63) is 93.7 Å². The molecule has 0 aliphatic rings. The quantitative estimate of drug-likeness (QED) is 0.117. The molecule has 7 heteroatoms. The third-order valence-corrected chi connectivity index (χ3v) is 4.91. The topological polar surface area (TPSA) is 59.3 Å². The Morgan fingerprint density at radius 1 is 1.06 bits per heavy atom. The first-order valence-corrected chi connectivity index (χ1v) is 10.5. The second kappa shape index (κ2) is 11.3. The summed E-state index contributed by atoms with van der Waals surface area (Å²) in [5.74, 6) is 0.00902. The number of rotatable bonds is 8. The summed E-state index contributed by atoms with van der Waals surface area (Å²) in [5.41, 5.74) is 1.11. The molecule has 0 saturated heterocycles. The lowest BCUT2D eigenvalue weighted by atomic mass is 10.0. The summed E-state index contributed by atoms with van der Waals surface area (Å²) in [6.07, 6.45) is 2.19. The van der Waals surface area contributed by atoms with E-state index in [2.05, 4.69) is 0 Å². The molecule has 0 aliphatic heterocycles. The fraction of sp³-hybridized carbons (Fsp3) is 0.120. The zero-order valence-electron chi connectivity index (χ0n) is 16.9. The van der Waals surface area contributed by atoms with Gasteiger partial charge in [0.25, 0.3) is 0 Å². The van der Waals surface area contributed by atoms with Crippen LogP contribution >= 0.6 is 23.2 Å². The van der Waals surface area contributed by atoms with Crippen LogP contribution in [0.5, 0.6) is 11.5 Å². The number of carbonyl (C=O) groups excluding carboxylic acids is 1. The third kappa shape index (κ3) is 6.58. The lowest BCUT2D eigenvalue weighted by Crippen LogP contribution is -2.10. The van der Waals surface area contributed by atoms with Crippen LogP contribution in [0.25, 0.3) is 11.6 Å². The number of nitrogens with zero attached hydrogens (tertiary/aromatic N) is 1. The lowest BCUT2D eigenvalue weighted by Gasteiger charge is -2.08. The van der Waals surface area contributed by atoms with Crippen molar-refractivity contribution in [2.45, 2.75) is 12.8 Å². The number of hydrogen-bond donors (Lipinski definition) is 0. The van der Waals surface area contributed by atoms with E-state index in [1.807, 2.05) is 6.07 Å². The summed E-state index contributed by atoms with van der Waals surface area (Å²) < 4.78 is 24.8. The maximum absolute atomic E-state index is 13.9. The number of benzene rings is 3. The van der Waals surface area contributed by atoms with Gasteiger partial charge in [0.05, 0.1) is 23.3 Å². The fourth-order valence-electron chi connectivity index (χ4n) is 2.82. The first-order chi connectivity index (χ1) is 15.5. The van der Waals surface area contributed by atoms with Crippen LogP contribution in [-0.4, -0.2) is 12.6 Å². The zero-order chi connectivity index (χ0) is 22.9. The van der Waals surface area contributed by atoms with Gasteiger partial charge in [-0.15, -0.1) is 0 Å². The van der Waals surface area contributed by atoms with Gasteiger partial charge in [-0.1, -0.05) is 53.5 Å². The Morgan fingerprint density at radius 3 is 2.50 bits per heavy atom. The van der Waals surface area contributed by atoms with Crippen molar-refractivity contribution in [2.75, 3.05) is 6.61 Å². The van der Waals surface area contributed by atoms with Crippen molar-refractivity contribution in [2.24, 2.45) is 0 Å². The maximum Gasteiger partial charge on any atom is 0.311 e. The second-order valence-corrected chi connectivity index (χ2v) is 7.56. The van der Waals surface area contributed by atoms with Gasteiger partial charge in [0, 0.05) is 17.0 Å². The summed E-state index contributed by atoms with van der Waals surface area (Å²) in [6.45, 7) is 0.299. The third-order valence-electron chi connectivity index (χ3n) is 4.38. The fourth-order valence-corrected chi connectivity index (χ4v) is 3.29. The minimum Gasteiger partial charge on any atom is -0.492 e. The van der Waals surface area contributed by atoms with E-state index in [1.54, 1.807) is 66.7 Å². The Hall–Kier alpha value is -3.33. The van der Waals surface area contributed by atoms with Gasteiger partial charge in [-0.2, -0.15) is 5.26 Å². The van der Waals surface area contributed by atoms with Crippen molar-refractivity contribution in [1.29, 1.82) is 5.26 Å². The van der Waals surface area contributed by atoms with Crippen LogP contribution in [-0.2, 0) is 4.79 Å². The van der Waals surface area contributed by atoms with Crippen molar-refractivity contribution in [1.82, 2.24) is 0 Å². The van der Waals surface area contributed by atoms with Gasteiger partial charge >= 0.3 is 5.97 Å². The largest absolute Gasteiger partial charge is 0.492 e. The Balaban J connectivity index is 1.51. The van der Waals surface area contributed by atoms with E-state index >= 15 is 0 Å². The molecule has 0 aliphatic carbocycles. The molecule has 0 N–H and O–H groups in total. The molecule has 0 heterocycles. The van der Waals surface area contributed by atoms with E-state index in [-0.39, 0.29) is 17.6 Å². The summed E-state index contributed by atoms with van der Waals surface area (Å²) in [6, 6.07) is 19.6. The first-order valence-electron chi connectivity index (χ1n) is 9.71. The average molecular weight is 470 g/mol. The van der Waals surface area contributed by atoms with E-state index in [9.17, 15) is 14.4 Å². The predicted octanol–water partition coefficient (Wildman–Crippen LogP) is 6.96. The molecule has 0 unspecified atom stereocenters. The van der Waals surface area contributed by atoms with Crippen molar-refractivity contribution in [3.8, 4) is 17.6 Å². The van der Waals surface area contributed by atoms with Crippen LogP contribution in [0.2, 0.25) is 10.0 Å². The highest BCUT2D eigenvalue weighted by Gasteiger charge is 2.09. The normalized spacial score (nSPS) is 11.0. The summed E-state index contributed by atoms with van der Waals surface area (Å²) in [5, 5.41) is 10.3. The van der Waals surface area contributed by atoms with Crippen molar-refractivity contribution >= 4 is 40.8 Å². The van der Waals surface area contributed by atoms with Crippen LogP contribution in [0.3, 0.4) is 0 Å². The van der Waals surface area contributed by atoms with Gasteiger partial charge < -0.3 is 9.47 Å². The van der Waals surface area contributed by atoms with Gasteiger partial charge in [0.15, 0.2) is 0 Å². The Bertz CT molecular complexity index is 1170. The molecule has 3 aromatic rings. The van der Waals surface area contributed by atoms with Gasteiger partial charge in [0.2, 0.25) is 0 Å². The highest BCUT2D eigenvalue weighted by molar-refractivity contribution is 6.35. The molecular formula is C25H18Cl2FNO3. The lowest BCUT2D eigenvalue weighted by molar-refractivity contribution is -0.134. The highest BCUT2D eigenvalue weighted by Crippen LogP contribution is 2.27. The molecule has 4 nitrogen and oxygen atoms in total. The first kappa shape index (κ1) is 23.3.